The van der Waals surface area contributed by atoms with Crippen molar-refractivity contribution >= 4 is 16.8 Å². The number of hydrogen-bond acceptors (Lipinski definition) is 0. The molecule has 0 radical (unpaired) electrons. The highest BCUT2D eigenvalue weighted by atomic mass is 14.3. The first-order valence-electron chi connectivity index (χ1n) is 11.0. The number of rotatable bonds is 3. The van der Waals surface area contributed by atoms with E-state index >= 15 is 0 Å². The summed E-state index contributed by atoms with van der Waals surface area (Å²) >= 11 is 0. The van der Waals surface area contributed by atoms with Crippen LogP contribution in [0.1, 0.15) is 63.0 Å². The van der Waals surface area contributed by atoms with E-state index in [0.717, 1.165) is 6.42 Å². The van der Waals surface area contributed by atoms with E-state index in [1.165, 1.54) is 78.0 Å². The Morgan fingerprint density at radius 2 is 1.46 bits per heavy atom. The Hall–Kier alpha value is -2.34. The van der Waals surface area contributed by atoms with Crippen molar-refractivity contribution < 1.29 is 0 Å². The zero-order chi connectivity index (χ0) is 19.0. The molecule has 0 unspecified atom stereocenters. The van der Waals surface area contributed by atoms with Crippen LogP contribution in [0.25, 0.3) is 28.0 Å². The molecule has 28 heavy (non-hydrogen) atoms. The van der Waals surface area contributed by atoms with Crippen LogP contribution in [0.4, 0.5) is 0 Å². The zero-order valence-corrected chi connectivity index (χ0v) is 17.0. The fraction of sp³-hybridized carbons (Fsp3) is 0.357. The maximum atomic E-state index is 2.54. The lowest BCUT2D eigenvalue weighted by molar-refractivity contribution is 0.274. The first-order valence-corrected chi connectivity index (χ1v) is 11.0. The predicted octanol–water partition coefficient (Wildman–Crippen LogP) is 8.20. The number of benzene rings is 3. The van der Waals surface area contributed by atoms with E-state index in [9.17, 15) is 0 Å². The summed E-state index contributed by atoms with van der Waals surface area (Å²) in [5.74, 6) is 0. The van der Waals surface area contributed by atoms with Gasteiger partial charge in [-0.1, -0.05) is 105 Å². The fourth-order valence-corrected chi connectivity index (χ4v) is 5.55. The molecule has 1 saturated carbocycles. The lowest BCUT2D eigenvalue weighted by Gasteiger charge is -2.28. The average Bonchev–Trinajstić information content (AvgIpc) is 3.00. The lowest BCUT2D eigenvalue weighted by Crippen LogP contribution is -2.16. The minimum Gasteiger partial charge on any atom is -0.0646 e. The van der Waals surface area contributed by atoms with Gasteiger partial charge in [-0.3, -0.25) is 0 Å². The summed E-state index contributed by atoms with van der Waals surface area (Å²) in [6.45, 7) is 2.54. The van der Waals surface area contributed by atoms with E-state index in [1.807, 2.05) is 0 Å². The highest BCUT2D eigenvalue weighted by molar-refractivity contribution is 5.99. The van der Waals surface area contributed by atoms with Crippen LogP contribution in [0.5, 0.6) is 0 Å². The van der Waals surface area contributed by atoms with Crippen molar-refractivity contribution in [3.63, 3.8) is 0 Å². The van der Waals surface area contributed by atoms with Gasteiger partial charge in [0.15, 0.2) is 0 Å². The molecular weight excluding hydrogens is 336 g/mol. The molecule has 142 valence electrons. The molecule has 1 fully saturated rings. The first-order chi connectivity index (χ1) is 13.7. The Kier molecular flexibility index (Phi) is 4.59. The van der Waals surface area contributed by atoms with E-state index in [4.69, 9.17) is 0 Å². The third-order valence-corrected chi connectivity index (χ3v) is 7.01. The van der Waals surface area contributed by atoms with Crippen molar-refractivity contribution in [1.82, 2.24) is 0 Å². The predicted molar refractivity (Wildman–Crippen MR) is 121 cm³/mol. The molecule has 2 aliphatic rings. The summed E-state index contributed by atoms with van der Waals surface area (Å²) in [5.41, 5.74) is 7.89. The largest absolute Gasteiger partial charge is 0.0646 e. The van der Waals surface area contributed by atoms with Crippen molar-refractivity contribution in [2.45, 2.75) is 58.3 Å². The van der Waals surface area contributed by atoms with Gasteiger partial charge in [0.25, 0.3) is 0 Å². The van der Waals surface area contributed by atoms with Crippen molar-refractivity contribution in [3.05, 3.63) is 77.4 Å². The van der Waals surface area contributed by atoms with Crippen molar-refractivity contribution in [2.75, 3.05) is 0 Å². The van der Waals surface area contributed by atoms with Crippen LogP contribution in [0.3, 0.4) is 0 Å². The van der Waals surface area contributed by atoms with Crippen LogP contribution < -0.4 is 0 Å². The Bertz CT molecular complexity index is 1020. The Morgan fingerprint density at radius 3 is 2.32 bits per heavy atom. The smallest absolute Gasteiger partial charge is 0.00574 e. The first kappa shape index (κ1) is 17.7. The standard InChI is InChI=1S/C28H30/c1-28(16-6-2-3-7-17-28)20-21-18-23-12-9-15-26(27(23)19-21)25-14-8-11-22-10-4-5-13-24(22)25/h4-5,8-15,19H,2-3,6-7,16-18,20H2,1H3. The van der Waals surface area contributed by atoms with E-state index in [2.05, 4.69) is 73.7 Å². The van der Waals surface area contributed by atoms with Crippen molar-refractivity contribution in [2.24, 2.45) is 5.41 Å². The second-order valence-corrected chi connectivity index (χ2v) is 9.29. The maximum Gasteiger partial charge on any atom is -0.00574 e. The van der Waals surface area contributed by atoms with Gasteiger partial charge in [0.2, 0.25) is 0 Å². The molecule has 0 heterocycles. The van der Waals surface area contributed by atoms with E-state index in [-0.39, 0.29) is 0 Å². The quantitative estimate of drug-likeness (QED) is 0.410. The van der Waals surface area contributed by atoms with E-state index < -0.39 is 0 Å². The average molecular weight is 367 g/mol. The van der Waals surface area contributed by atoms with Crippen LogP contribution in [0.15, 0.2) is 66.2 Å². The van der Waals surface area contributed by atoms with Crippen LogP contribution in [0, 0.1) is 5.41 Å². The molecule has 0 amide bonds. The normalized spacial score (nSPS) is 18.5. The molecule has 5 rings (SSSR count). The second-order valence-electron chi connectivity index (χ2n) is 9.29. The summed E-state index contributed by atoms with van der Waals surface area (Å²) in [7, 11) is 0. The minimum atomic E-state index is 0.504. The summed E-state index contributed by atoms with van der Waals surface area (Å²) in [6, 6.07) is 22.4. The summed E-state index contributed by atoms with van der Waals surface area (Å²) in [5, 5.41) is 2.68. The van der Waals surface area contributed by atoms with Crippen LogP contribution in [-0.4, -0.2) is 0 Å². The zero-order valence-electron chi connectivity index (χ0n) is 17.0. The Balaban J connectivity index is 1.52. The van der Waals surface area contributed by atoms with Gasteiger partial charge in [0, 0.05) is 0 Å². The molecule has 0 nitrogen and oxygen atoms in total. The number of fused-ring (bicyclic) bond motifs is 2. The molecule has 3 aromatic rings. The molecular formula is C28H30. The molecule has 0 bridgehead atoms. The molecule has 0 heteroatoms. The molecule has 0 spiro atoms. The molecule has 0 aliphatic heterocycles. The summed E-state index contributed by atoms with van der Waals surface area (Å²) in [6.07, 6.45) is 13.4. The monoisotopic (exact) mass is 366 g/mol. The van der Waals surface area contributed by atoms with E-state index in [0.29, 0.717) is 5.41 Å². The van der Waals surface area contributed by atoms with Crippen LogP contribution in [-0.2, 0) is 6.42 Å². The third-order valence-electron chi connectivity index (χ3n) is 7.01. The van der Waals surface area contributed by atoms with Gasteiger partial charge in [-0.25, -0.2) is 0 Å². The molecule has 0 N–H and O–H groups in total. The summed E-state index contributed by atoms with van der Waals surface area (Å²) < 4.78 is 0. The highest BCUT2D eigenvalue weighted by Gasteiger charge is 2.28. The second kappa shape index (κ2) is 7.24. The van der Waals surface area contributed by atoms with Gasteiger partial charge in [-0.2, -0.15) is 0 Å². The molecule has 0 atom stereocenters. The van der Waals surface area contributed by atoms with Crippen LogP contribution >= 0.6 is 0 Å². The van der Waals surface area contributed by atoms with Gasteiger partial charge in [0.05, 0.1) is 0 Å². The van der Waals surface area contributed by atoms with Gasteiger partial charge in [0.1, 0.15) is 0 Å². The summed E-state index contributed by atoms with van der Waals surface area (Å²) in [4.78, 5) is 0. The molecule has 3 aromatic carbocycles. The Labute approximate surface area is 169 Å². The number of hydrogen-bond donors (Lipinski definition) is 0. The van der Waals surface area contributed by atoms with Gasteiger partial charge in [-0.15, -0.1) is 0 Å². The van der Waals surface area contributed by atoms with Crippen molar-refractivity contribution in [1.29, 1.82) is 0 Å². The van der Waals surface area contributed by atoms with Gasteiger partial charge in [-0.05, 0) is 64.1 Å². The van der Waals surface area contributed by atoms with Crippen LogP contribution in [0.2, 0.25) is 0 Å². The topological polar surface area (TPSA) is 0 Å². The highest BCUT2D eigenvalue weighted by Crippen LogP contribution is 2.44. The molecule has 2 aliphatic carbocycles. The molecule has 0 saturated heterocycles. The fourth-order valence-electron chi connectivity index (χ4n) is 5.55. The van der Waals surface area contributed by atoms with E-state index in [1.54, 1.807) is 5.57 Å². The number of allylic oxidation sites excluding steroid dienone is 1. The lowest BCUT2D eigenvalue weighted by atomic mass is 9.77. The maximum absolute atomic E-state index is 2.54. The van der Waals surface area contributed by atoms with Gasteiger partial charge < -0.3 is 0 Å². The SMILES string of the molecule is CC1(CC2=Cc3c(cccc3-c3cccc4ccccc34)C2)CCCCCC1. The third kappa shape index (κ3) is 3.30. The minimum absolute atomic E-state index is 0.504. The van der Waals surface area contributed by atoms with Gasteiger partial charge >= 0.3 is 0 Å². The van der Waals surface area contributed by atoms with Crippen molar-refractivity contribution in [3.8, 4) is 11.1 Å². The molecule has 0 aromatic heterocycles. The Morgan fingerprint density at radius 1 is 0.750 bits per heavy atom.